The highest BCUT2D eigenvalue weighted by molar-refractivity contribution is 7.92. The minimum absolute atomic E-state index is 0.107. The van der Waals surface area contributed by atoms with Gasteiger partial charge in [0.25, 0.3) is 0 Å². The van der Waals surface area contributed by atoms with Crippen molar-refractivity contribution in [1.82, 2.24) is 0 Å². The highest BCUT2D eigenvalue weighted by Gasteiger charge is 2.24. The van der Waals surface area contributed by atoms with Gasteiger partial charge < -0.3 is 4.74 Å². The van der Waals surface area contributed by atoms with Crippen molar-refractivity contribution in [2.75, 3.05) is 25.2 Å². The van der Waals surface area contributed by atoms with Gasteiger partial charge in [-0.2, -0.15) is 0 Å². The summed E-state index contributed by atoms with van der Waals surface area (Å²) in [6.07, 6.45) is 4.20. The topological polar surface area (TPSA) is 60.4 Å². The molecule has 0 aromatic carbocycles. The molecule has 0 radical (unpaired) electrons. The fraction of sp³-hybridized carbons (Fsp3) is 0.900. The summed E-state index contributed by atoms with van der Waals surface area (Å²) in [6.45, 7) is -0.107. The van der Waals surface area contributed by atoms with Crippen molar-refractivity contribution < 1.29 is 17.9 Å². The van der Waals surface area contributed by atoms with Crippen molar-refractivity contribution in [3.05, 3.63) is 0 Å². The number of carbonyl (C=O) groups is 1. The Morgan fingerprint density at radius 2 is 1.93 bits per heavy atom. The lowest BCUT2D eigenvalue weighted by atomic mass is 10.1. The molecule has 0 heterocycles. The molecule has 0 aromatic rings. The summed E-state index contributed by atoms with van der Waals surface area (Å²) in [5.74, 6) is -0.277. The zero-order chi connectivity index (χ0) is 11.3. The minimum Gasteiger partial charge on any atom is -0.377 e. The van der Waals surface area contributed by atoms with Crippen LogP contribution in [0.2, 0.25) is 0 Å². The minimum atomic E-state index is -3.22. The maximum absolute atomic E-state index is 11.6. The number of Topliss-reactive ketones (excluding diaryl/α,β-unsaturated/α-hetero) is 1. The highest BCUT2D eigenvalue weighted by atomic mass is 32.2. The Kier molecular flexibility index (Phi) is 4.73. The average molecular weight is 234 g/mol. The smallest absolute Gasteiger partial charge is 0.173 e. The molecule has 15 heavy (non-hydrogen) atoms. The van der Waals surface area contributed by atoms with E-state index in [0.717, 1.165) is 25.7 Å². The zero-order valence-electron chi connectivity index (χ0n) is 9.07. The van der Waals surface area contributed by atoms with Gasteiger partial charge in [-0.3, -0.25) is 4.79 Å². The lowest BCUT2D eigenvalue weighted by Crippen LogP contribution is -2.24. The number of hydrogen-bond acceptors (Lipinski definition) is 4. The number of methoxy groups -OCH3 is 1. The SMILES string of the molecule is COCC(=O)CS(=O)(=O)CC1CCCC1. The Morgan fingerprint density at radius 1 is 1.33 bits per heavy atom. The quantitative estimate of drug-likeness (QED) is 0.682. The van der Waals surface area contributed by atoms with Crippen molar-refractivity contribution in [3.8, 4) is 0 Å². The monoisotopic (exact) mass is 234 g/mol. The lowest BCUT2D eigenvalue weighted by molar-refractivity contribution is -0.120. The molecule has 0 bridgehead atoms. The first kappa shape index (κ1) is 12.6. The fourth-order valence-corrected chi connectivity index (χ4v) is 3.79. The fourth-order valence-electron chi connectivity index (χ4n) is 2.04. The second-order valence-electron chi connectivity index (χ2n) is 4.18. The molecule has 1 rings (SSSR count). The molecule has 5 heteroatoms. The molecule has 1 fully saturated rings. The van der Waals surface area contributed by atoms with E-state index in [4.69, 9.17) is 0 Å². The number of hydrogen-bond donors (Lipinski definition) is 0. The first-order valence-corrected chi connectivity index (χ1v) is 7.06. The van der Waals surface area contributed by atoms with E-state index in [0.29, 0.717) is 0 Å². The van der Waals surface area contributed by atoms with E-state index in [1.165, 1.54) is 7.11 Å². The van der Waals surface area contributed by atoms with E-state index in [9.17, 15) is 13.2 Å². The molecule has 0 atom stereocenters. The van der Waals surface area contributed by atoms with Crippen LogP contribution in [-0.4, -0.2) is 39.4 Å². The molecular weight excluding hydrogens is 216 g/mol. The Labute approximate surface area is 90.9 Å². The summed E-state index contributed by atoms with van der Waals surface area (Å²) >= 11 is 0. The van der Waals surface area contributed by atoms with Gasteiger partial charge in [0, 0.05) is 7.11 Å². The van der Waals surface area contributed by atoms with Crippen molar-refractivity contribution >= 4 is 15.6 Å². The van der Waals surface area contributed by atoms with Crippen LogP contribution in [0.15, 0.2) is 0 Å². The van der Waals surface area contributed by atoms with E-state index in [-0.39, 0.29) is 29.8 Å². The van der Waals surface area contributed by atoms with E-state index in [2.05, 4.69) is 4.74 Å². The standard InChI is InChI=1S/C10H18O4S/c1-14-6-10(11)8-15(12,13)7-9-4-2-3-5-9/h9H,2-8H2,1H3. The number of ether oxygens (including phenoxy) is 1. The Balaban J connectivity index is 2.40. The molecule has 1 saturated carbocycles. The van der Waals surface area contributed by atoms with Crippen LogP contribution in [0, 0.1) is 5.92 Å². The number of sulfone groups is 1. The lowest BCUT2D eigenvalue weighted by Gasteiger charge is -2.08. The highest BCUT2D eigenvalue weighted by Crippen LogP contribution is 2.26. The summed E-state index contributed by atoms with van der Waals surface area (Å²) < 4.78 is 27.8. The molecule has 0 N–H and O–H groups in total. The van der Waals surface area contributed by atoms with Gasteiger partial charge in [-0.05, 0) is 18.8 Å². The van der Waals surface area contributed by atoms with Crippen LogP contribution in [0.5, 0.6) is 0 Å². The Hall–Kier alpha value is -0.420. The van der Waals surface area contributed by atoms with Gasteiger partial charge in [-0.15, -0.1) is 0 Å². The third kappa shape index (κ3) is 4.75. The van der Waals surface area contributed by atoms with Gasteiger partial charge in [-0.25, -0.2) is 8.42 Å². The molecule has 0 spiro atoms. The van der Waals surface area contributed by atoms with Crippen LogP contribution in [0.25, 0.3) is 0 Å². The second kappa shape index (κ2) is 5.61. The van der Waals surface area contributed by atoms with Gasteiger partial charge in [-0.1, -0.05) is 12.8 Å². The first-order valence-electron chi connectivity index (χ1n) is 5.24. The van der Waals surface area contributed by atoms with E-state index in [1.807, 2.05) is 0 Å². The first-order chi connectivity index (χ1) is 7.03. The molecular formula is C10H18O4S. The molecule has 4 nitrogen and oxygen atoms in total. The zero-order valence-corrected chi connectivity index (χ0v) is 9.88. The van der Waals surface area contributed by atoms with Gasteiger partial charge in [0.05, 0.1) is 5.75 Å². The van der Waals surface area contributed by atoms with Crippen LogP contribution in [-0.2, 0) is 19.4 Å². The molecule has 1 aliphatic rings. The van der Waals surface area contributed by atoms with Gasteiger partial charge in [0.15, 0.2) is 15.6 Å². The van der Waals surface area contributed by atoms with Crippen molar-refractivity contribution in [3.63, 3.8) is 0 Å². The second-order valence-corrected chi connectivity index (χ2v) is 6.29. The Bertz CT molecular complexity index is 301. The van der Waals surface area contributed by atoms with E-state index < -0.39 is 9.84 Å². The average Bonchev–Trinajstić information content (AvgIpc) is 2.54. The third-order valence-corrected chi connectivity index (χ3v) is 4.39. The maximum Gasteiger partial charge on any atom is 0.173 e. The third-order valence-electron chi connectivity index (χ3n) is 2.65. The van der Waals surface area contributed by atoms with E-state index in [1.54, 1.807) is 0 Å². The van der Waals surface area contributed by atoms with Crippen molar-refractivity contribution in [2.24, 2.45) is 5.92 Å². The number of rotatable bonds is 6. The van der Waals surface area contributed by atoms with Crippen molar-refractivity contribution in [2.45, 2.75) is 25.7 Å². The van der Waals surface area contributed by atoms with Gasteiger partial charge in [0.1, 0.15) is 12.4 Å². The predicted molar refractivity (Wildman–Crippen MR) is 57.5 cm³/mol. The largest absolute Gasteiger partial charge is 0.377 e. The van der Waals surface area contributed by atoms with Gasteiger partial charge in [0.2, 0.25) is 0 Å². The molecule has 0 amide bonds. The molecule has 88 valence electrons. The van der Waals surface area contributed by atoms with Crippen LogP contribution in [0.3, 0.4) is 0 Å². The molecule has 0 saturated heterocycles. The maximum atomic E-state index is 11.6. The summed E-state index contributed by atoms with van der Waals surface area (Å²) in [4.78, 5) is 11.1. The summed E-state index contributed by atoms with van der Waals surface area (Å²) in [7, 11) is -1.83. The number of ketones is 1. The molecule has 1 aliphatic carbocycles. The van der Waals surface area contributed by atoms with Crippen LogP contribution in [0.4, 0.5) is 0 Å². The summed E-state index contributed by atoms with van der Waals surface area (Å²) in [6, 6.07) is 0. The molecule has 0 unspecified atom stereocenters. The predicted octanol–water partition coefficient (Wildman–Crippen LogP) is 0.807. The summed E-state index contributed by atoms with van der Waals surface area (Å²) in [5.41, 5.74) is 0. The number of carbonyl (C=O) groups excluding carboxylic acids is 1. The van der Waals surface area contributed by atoms with Crippen LogP contribution < -0.4 is 0 Å². The molecule has 0 aromatic heterocycles. The van der Waals surface area contributed by atoms with Crippen LogP contribution >= 0.6 is 0 Å². The summed E-state index contributed by atoms with van der Waals surface area (Å²) in [5, 5.41) is 0. The Morgan fingerprint density at radius 3 is 2.47 bits per heavy atom. The van der Waals surface area contributed by atoms with Gasteiger partial charge >= 0.3 is 0 Å². The van der Waals surface area contributed by atoms with E-state index >= 15 is 0 Å². The normalized spacial score (nSPS) is 18.2. The molecule has 0 aliphatic heterocycles. The van der Waals surface area contributed by atoms with Crippen molar-refractivity contribution in [1.29, 1.82) is 0 Å². The van der Waals surface area contributed by atoms with Crippen LogP contribution in [0.1, 0.15) is 25.7 Å².